The highest BCUT2D eigenvalue weighted by Gasteiger charge is 2.26. The van der Waals surface area contributed by atoms with Crippen LogP contribution in [0.25, 0.3) is 0 Å². The van der Waals surface area contributed by atoms with E-state index in [0.717, 1.165) is 32.4 Å². The van der Waals surface area contributed by atoms with Gasteiger partial charge in [0.05, 0.1) is 12.6 Å². The first-order valence-electron chi connectivity index (χ1n) is 7.41. The molecule has 0 saturated carbocycles. The number of hydrogen-bond donors (Lipinski definition) is 1. The second-order valence-electron chi connectivity index (χ2n) is 5.18. The summed E-state index contributed by atoms with van der Waals surface area (Å²) >= 11 is 0. The number of ether oxygens (including phenoxy) is 1. The van der Waals surface area contributed by atoms with Gasteiger partial charge in [-0.2, -0.15) is 0 Å². The molecular weight excluding hydrogens is 264 g/mol. The summed E-state index contributed by atoms with van der Waals surface area (Å²) in [4.78, 5) is 13.5. The van der Waals surface area contributed by atoms with Crippen molar-refractivity contribution in [3.05, 3.63) is 35.9 Å². The van der Waals surface area contributed by atoms with Crippen molar-refractivity contribution in [1.82, 2.24) is 10.2 Å². The van der Waals surface area contributed by atoms with Gasteiger partial charge >= 0.3 is 6.03 Å². The number of nitrogens with one attached hydrogen (secondary N) is 1. The zero-order valence-corrected chi connectivity index (χ0v) is 12.3. The predicted octanol–water partition coefficient (Wildman–Crippen LogP) is 2.05. The third-order valence-corrected chi connectivity index (χ3v) is 3.58. The van der Waals surface area contributed by atoms with Gasteiger partial charge in [0, 0.05) is 19.7 Å². The van der Waals surface area contributed by atoms with E-state index in [2.05, 4.69) is 35.5 Å². The van der Waals surface area contributed by atoms with Gasteiger partial charge in [-0.05, 0) is 24.8 Å². The van der Waals surface area contributed by atoms with Gasteiger partial charge in [-0.15, -0.1) is 6.42 Å². The molecule has 0 aromatic heterocycles. The van der Waals surface area contributed by atoms with E-state index in [1.54, 1.807) is 4.90 Å². The van der Waals surface area contributed by atoms with E-state index in [0.29, 0.717) is 6.54 Å². The van der Waals surface area contributed by atoms with Crippen molar-refractivity contribution in [2.45, 2.75) is 25.4 Å². The van der Waals surface area contributed by atoms with Crippen molar-refractivity contribution in [3.63, 3.8) is 0 Å². The smallest absolute Gasteiger partial charge is 0.318 e. The molecule has 0 unspecified atom stereocenters. The minimum Gasteiger partial charge on any atom is -0.376 e. The lowest BCUT2D eigenvalue weighted by Gasteiger charge is -2.16. The number of hydrogen-bond acceptors (Lipinski definition) is 2. The first-order valence-corrected chi connectivity index (χ1v) is 7.41. The number of urea groups is 1. The molecule has 1 heterocycles. The molecule has 1 aliphatic rings. The summed E-state index contributed by atoms with van der Waals surface area (Å²) in [7, 11) is 0. The highest BCUT2D eigenvalue weighted by Crippen LogP contribution is 2.13. The third-order valence-electron chi connectivity index (χ3n) is 3.58. The van der Waals surface area contributed by atoms with E-state index >= 15 is 0 Å². The Morgan fingerprint density at radius 1 is 1.43 bits per heavy atom. The normalized spacial score (nSPS) is 17.5. The van der Waals surface area contributed by atoms with Crippen molar-refractivity contribution in [1.29, 1.82) is 0 Å². The molecule has 1 aromatic rings. The van der Waals surface area contributed by atoms with Gasteiger partial charge in [0.2, 0.25) is 0 Å². The van der Waals surface area contributed by atoms with Crippen molar-refractivity contribution in [3.8, 4) is 12.3 Å². The Kier molecular flexibility index (Phi) is 6.11. The number of amides is 2. The quantitative estimate of drug-likeness (QED) is 0.642. The molecule has 2 rings (SSSR count). The Labute approximate surface area is 126 Å². The van der Waals surface area contributed by atoms with E-state index in [-0.39, 0.29) is 18.7 Å². The molecule has 0 spiro atoms. The predicted molar refractivity (Wildman–Crippen MR) is 82.9 cm³/mol. The average molecular weight is 286 g/mol. The molecule has 2 amide bonds. The molecule has 0 radical (unpaired) electrons. The Morgan fingerprint density at radius 3 is 3.00 bits per heavy atom. The SMILES string of the molecule is C#CCNC(=O)N1CC[C@H](OCCCc2ccccc2)C1. The minimum absolute atomic E-state index is 0.0941. The molecule has 21 heavy (non-hydrogen) atoms. The molecule has 4 heteroatoms. The molecule has 1 aliphatic heterocycles. The summed E-state index contributed by atoms with van der Waals surface area (Å²) in [5.74, 6) is 2.40. The molecular formula is C17H22N2O2. The van der Waals surface area contributed by atoms with Crippen LogP contribution in [0.1, 0.15) is 18.4 Å². The maximum Gasteiger partial charge on any atom is 0.318 e. The van der Waals surface area contributed by atoms with Gasteiger partial charge in [-0.1, -0.05) is 36.3 Å². The van der Waals surface area contributed by atoms with Crippen LogP contribution in [0, 0.1) is 12.3 Å². The van der Waals surface area contributed by atoms with Crippen molar-refractivity contribution >= 4 is 6.03 Å². The van der Waals surface area contributed by atoms with Crippen LogP contribution >= 0.6 is 0 Å². The van der Waals surface area contributed by atoms with Gasteiger partial charge in [0.25, 0.3) is 0 Å². The Balaban J connectivity index is 1.60. The van der Waals surface area contributed by atoms with Crippen molar-refractivity contribution < 1.29 is 9.53 Å². The second-order valence-corrected chi connectivity index (χ2v) is 5.18. The molecule has 1 atom stereocenters. The fourth-order valence-corrected chi connectivity index (χ4v) is 2.46. The van der Waals surface area contributed by atoms with Crippen LogP contribution in [-0.2, 0) is 11.2 Å². The van der Waals surface area contributed by atoms with Gasteiger partial charge in [-0.3, -0.25) is 0 Å². The number of likely N-dealkylation sites (tertiary alicyclic amines) is 1. The summed E-state index contributed by atoms with van der Waals surface area (Å²) in [6.45, 7) is 2.40. The lowest BCUT2D eigenvalue weighted by molar-refractivity contribution is 0.0597. The average Bonchev–Trinajstić information content (AvgIpc) is 2.99. The number of rotatable bonds is 6. The van der Waals surface area contributed by atoms with Crippen LogP contribution in [0.15, 0.2) is 30.3 Å². The second kappa shape index (κ2) is 8.33. The lowest BCUT2D eigenvalue weighted by atomic mass is 10.1. The summed E-state index contributed by atoms with van der Waals surface area (Å²) in [5, 5.41) is 2.68. The number of benzene rings is 1. The molecule has 1 saturated heterocycles. The molecule has 0 aliphatic carbocycles. The fourth-order valence-electron chi connectivity index (χ4n) is 2.46. The first kappa shape index (κ1) is 15.4. The van der Waals surface area contributed by atoms with Crippen LogP contribution < -0.4 is 5.32 Å². The Morgan fingerprint density at radius 2 is 2.24 bits per heavy atom. The topological polar surface area (TPSA) is 41.6 Å². The lowest BCUT2D eigenvalue weighted by Crippen LogP contribution is -2.39. The van der Waals surface area contributed by atoms with Crippen LogP contribution in [0.2, 0.25) is 0 Å². The number of aryl methyl sites for hydroxylation is 1. The number of terminal acetylenes is 1. The maximum atomic E-state index is 11.7. The molecule has 4 nitrogen and oxygen atoms in total. The summed E-state index contributed by atoms with van der Waals surface area (Å²) in [6.07, 6.45) is 8.20. The third kappa shape index (κ3) is 5.13. The summed E-state index contributed by atoms with van der Waals surface area (Å²) < 4.78 is 5.85. The van der Waals surface area contributed by atoms with E-state index in [9.17, 15) is 4.79 Å². The van der Waals surface area contributed by atoms with Gasteiger partial charge < -0.3 is 15.0 Å². The van der Waals surface area contributed by atoms with Crippen LogP contribution in [0.5, 0.6) is 0 Å². The zero-order valence-electron chi connectivity index (χ0n) is 12.3. The molecule has 1 aromatic carbocycles. The molecule has 1 N–H and O–H groups in total. The molecule has 112 valence electrons. The highest BCUT2D eigenvalue weighted by atomic mass is 16.5. The van der Waals surface area contributed by atoms with E-state index in [1.807, 2.05) is 6.07 Å². The van der Waals surface area contributed by atoms with E-state index < -0.39 is 0 Å². The number of nitrogens with zero attached hydrogens (tertiary/aromatic N) is 1. The monoisotopic (exact) mass is 286 g/mol. The van der Waals surface area contributed by atoms with Crippen molar-refractivity contribution in [2.24, 2.45) is 0 Å². The summed E-state index contributed by atoms with van der Waals surface area (Å²) in [6, 6.07) is 10.3. The van der Waals surface area contributed by atoms with Crippen molar-refractivity contribution in [2.75, 3.05) is 26.2 Å². The number of carbonyl (C=O) groups excluding carboxylic acids is 1. The van der Waals surface area contributed by atoms with Gasteiger partial charge in [0.1, 0.15) is 0 Å². The summed E-state index contributed by atoms with van der Waals surface area (Å²) in [5.41, 5.74) is 1.34. The van der Waals surface area contributed by atoms with Crippen LogP contribution in [-0.4, -0.2) is 43.3 Å². The van der Waals surface area contributed by atoms with Gasteiger partial charge in [0.15, 0.2) is 0 Å². The number of carbonyl (C=O) groups is 1. The zero-order chi connectivity index (χ0) is 14.9. The Bertz CT molecular complexity index is 481. The minimum atomic E-state index is -0.0941. The maximum absolute atomic E-state index is 11.7. The highest BCUT2D eigenvalue weighted by molar-refractivity contribution is 5.74. The first-order chi connectivity index (χ1) is 10.3. The molecule has 1 fully saturated rings. The van der Waals surface area contributed by atoms with Crippen LogP contribution in [0.3, 0.4) is 0 Å². The van der Waals surface area contributed by atoms with E-state index in [1.165, 1.54) is 5.56 Å². The van der Waals surface area contributed by atoms with Gasteiger partial charge in [-0.25, -0.2) is 4.79 Å². The fraction of sp³-hybridized carbons (Fsp3) is 0.471. The molecule has 0 bridgehead atoms. The van der Waals surface area contributed by atoms with E-state index in [4.69, 9.17) is 11.2 Å². The van der Waals surface area contributed by atoms with Crippen LogP contribution in [0.4, 0.5) is 4.79 Å². The Hall–Kier alpha value is -1.99. The standard InChI is InChI=1S/C17H22N2O2/c1-2-11-18-17(20)19-12-10-16(14-19)21-13-6-9-15-7-4-3-5-8-15/h1,3-5,7-8,16H,6,9-14H2,(H,18,20)/t16-/m0/s1. The largest absolute Gasteiger partial charge is 0.376 e.